The maximum Gasteiger partial charge on any atom is 0.291 e. The summed E-state index contributed by atoms with van der Waals surface area (Å²) in [7, 11) is 0. The van der Waals surface area contributed by atoms with Gasteiger partial charge in [0.05, 0.1) is 0 Å². The van der Waals surface area contributed by atoms with E-state index in [1.54, 1.807) is 0 Å². The summed E-state index contributed by atoms with van der Waals surface area (Å²) >= 11 is 0. The predicted octanol–water partition coefficient (Wildman–Crippen LogP) is 2.74. The fraction of sp³-hybridized carbons (Fsp3) is 0.105. The maximum atomic E-state index is 12.0. The molecule has 25 heavy (non-hydrogen) atoms. The zero-order valence-corrected chi connectivity index (χ0v) is 13.4. The van der Waals surface area contributed by atoms with Crippen LogP contribution in [0.25, 0.3) is 11.3 Å². The van der Waals surface area contributed by atoms with Crippen LogP contribution in [0.3, 0.4) is 0 Å². The van der Waals surface area contributed by atoms with E-state index in [0.717, 1.165) is 11.1 Å². The lowest BCUT2D eigenvalue weighted by Crippen LogP contribution is -2.41. The Morgan fingerprint density at radius 3 is 2.32 bits per heavy atom. The van der Waals surface area contributed by atoms with Crippen molar-refractivity contribution in [1.82, 2.24) is 16.0 Å². The van der Waals surface area contributed by atoms with E-state index < -0.39 is 5.91 Å². The largest absolute Gasteiger partial charge is 0.355 e. The van der Waals surface area contributed by atoms with Gasteiger partial charge in [-0.25, -0.2) is 0 Å². The van der Waals surface area contributed by atoms with Crippen LogP contribution in [-0.4, -0.2) is 17.0 Å². The highest BCUT2D eigenvalue weighted by Gasteiger charge is 2.14. The van der Waals surface area contributed by atoms with Crippen LogP contribution in [0.4, 0.5) is 0 Å². The van der Waals surface area contributed by atoms with Gasteiger partial charge in [0.15, 0.2) is 11.5 Å². The molecule has 0 aliphatic carbocycles. The maximum absolute atomic E-state index is 12.0. The first-order valence-corrected chi connectivity index (χ1v) is 7.87. The molecule has 2 N–H and O–H groups in total. The van der Waals surface area contributed by atoms with E-state index in [9.17, 15) is 9.59 Å². The minimum atomic E-state index is -0.529. The van der Waals surface area contributed by atoms with Crippen molar-refractivity contribution < 1.29 is 14.1 Å². The number of nitrogens with one attached hydrogen (secondary N) is 2. The van der Waals surface area contributed by atoms with E-state index in [-0.39, 0.29) is 18.0 Å². The van der Waals surface area contributed by atoms with Gasteiger partial charge in [-0.05, 0) is 12.0 Å². The van der Waals surface area contributed by atoms with Crippen LogP contribution in [0.2, 0.25) is 0 Å². The number of nitrogens with zero attached hydrogens (tertiary/aromatic N) is 1. The molecule has 6 heteroatoms. The topological polar surface area (TPSA) is 84.2 Å². The lowest BCUT2D eigenvalue weighted by Gasteiger charge is -2.05. The molecule has 1 aromatic heterocycles. The minimum Gasteiger partial charge on any atom is -0.355 e. The molecule has 0 bridgehead atoms. The number of aryl methyl sites for hydroxylation is 1. The number of aromatic nitrogens is 1. The third kappa shape index (κ3) is 4.54. The van der Waals surface area contributed by atoms with E-state index in [1.807, 2.05) is 60.7 Å². The Kier molecular flexibility index (Phi) is 5.21. The molecule has 0 aliphatic heterocycles. The van der Waals surface area contributed by atoms with Crippen LogP contribution in [0.1, 0.15) is 22.5 Å². The Morgan fingerprint density at radius 1 is 0.920 bits per heavy atom. The van der Waals surface area contributed by atoms with Crippen molar-refractivity contribution in [2.75, 3.05) is 0 Å². The molecule has 0 spiro atoms. The van der Waals surface area contributed by atoms with Crippen LogP contribution in [0.15, 0.2) is 71.3 Å². The average Bonchev–Trinajstić information content (AvgIpc) is 3.16. The Labute approximate surface area is 144 Å². The molecule has 0 aliphatic rings. The molecule has 0 fully saturated rings. The predicted molar refractivity (Wildman–Crippen MR) is 92.3 cm³/mol. The van der Waals surface area contributed by atoms with Crippen molar-refractivity contribution in [2.45, 2.75) is 12.8 Å². The fourth-order valence-corrected chi connectivity index (χ4v) is 2.28. The summed E-state index contributed by atoms with van der Waals surface area (Å²) in [6, 6.07) is 20.5. The molecular formula is C19H17N3O3. The lowest BCUT2D eigenvalue weighted by molar-refractivity contribution is -0.121. The molecule has 3 aromatic rings. The van der Waals surface area contributed by atoms with Gasteiger partial charge in [0.2, 0.25) is 5.91 Å². The van der Waals surface area contributed by atoms with E-state index in [2.05, 4.69) is 16.0 Å². The van der Waals surface area contributed by atoms with Crippen LogP contribution in [0.5, 0.6) is 0 Å². The Hall–Kier alpha value is -3.41. The first kappa shape index (κ1) is 16.4. The number of rotatable bonds is 5. The number of amides is 2. The summed E-state index contributed by atoms with van der Waals surface area (Å²) in [5, 5.41) is 3.73. The first-order chi connectivity index (χ1) is 12.2. The molecule has 0 radical (unpaired) electrons. The molecule has 2 amide bonds. The van der Waals surface area contributed by atoms with Gasteiger partial charge in [-0.2, -0.15) is 0 Å². The number of hydrogen-bond acceptors (Lipinski definition) is 4. The summed E-state index contributed by atoms with van der Waals surface area (Å²) < 4.78 is 5.16. The summed E-state index contributed by atoms with van der Waals surface area (Å²) in [6.07, 6.45) is 0.878. The summed E-state index contributed by atoms with van der Waals surface area (Å²) in [5.41, 5.74) is 6.70. The van der Waals surface area contributed by atoms with E-state index in [0.29, 0.717) is 12.2 Å². The Balaban J connectivity index is 1.49. The Morgan fingerprint density at radius 2 is 1.60 bits per heavy atom. The fourth-order valence-electron chi connectivity index (χ4n) is 2.28. The zero-order valence-electron chi connectivity index (χ0n) is 13.4. The third-order valence-electron chi connectivity index (χ3n) is 3.60. The normalized spacial score (nSPS) is 10.2. The van der Waals surface area contributed by atoms with E-state index in [4.69, 9.17) is 4.52 Å². The lowest BCUT2D eigenvalue weighted by atomic mass is 10.1. The number of hydrogen-bond donors (Lipinski definition) is 2. The summed E-state index contributed by atoms with van der Waals surface area (Å²) in [5.74, 6) is -0.316. The van der Waals surface area contributed by atoms with Crippen LogP contribution < -0.4 is 10.9 Å². The molecule has 0 saturated heterocycles. The van der Waals surface area contributed by atoms with Crippen molar-refractivity contribution in [3.05, 3.63) is 78.0 Å². The van der Waals surface area contributed by atoms with Gasteiger partial charge in [-0.1, -0.05) is 65.8 Å². The minimum absolute atomic E-state index is 0.0993. The molecule has 0 saturated carbocycles. The van der Waals surface area contributed by atoms with Gasteiger partial charge < -0.3 is 4.52 Å². The van der Waals surface area contributed by atoms with Crippen molar-refractivity contribution >= 4 is 11.8 Å². The molecular weight excluding hydrogens is 318 g/mol. The van der Waals surface area contributed by atoms with E-state index >= 15 is 0 Å². The van der Waals surface area contributed by atoms with Gasteiger partial charge >= 0.3 is 0 Å². The van der Waals surface area contributed by atoms with Crippen LogP contribution in [0, 0.1) is 0 Å². The van der Waals surface area contributed by atoms with E-state index in [1.165, 1.54) is 6.07 Å². The highest BCUT2D eigenvalue weighted by atomic mass is 16.5. The number of carbonyl (C=O) groups excluding carboxylic acids is 2. The van der Waals surface area contributed by atoms with Crippen molar-refractivity contribution in [1.29, 1.82) is 0 Å². The summed E-state index contributed by atoms with van der Waals surface area (Å²) in [6.45, 7) is 0. The standard InChI is InChI=1S/C19H17N3O3/c23-18(12-11-14-7-3-1-4-8-14)20-21-19(24)16-13-17(25-22-16)15-9-5-2-6-10-15/h1-10,13H,11-12H2,(H,20,23)(H,21,24). The van der Waals surface area contributed by atoms with Crippen LogP contribution >= 0.6 is 0 Å². The monoisotopic (exact) mass is 335 g/mol. The van der Waals surface area contributed by atoms with Crippen molar-refractivity contribution in [2.24, 2.45) is 0 Å². The average molecular weight is 335 g/mol. The second-order valence-electron chi connectivity index (χ2n) is 5.43. The molecule has 6 nitrogen and oxygen atoms in total. The molecule has 3 rings (SSSR count). The first-order valence-electron chi connectivity index (χ1n) is 7.87. The molecule has 0 atom stereocenters. The third-order valence-corrected chi connectivity index (χ3v) is 3.60. The summed E-state index contributed by atoms with van der Waals surface area (Å²) in [4.78, 5) is 23.8. The second-order valence-corrected chi connectivity index (χ2v) is 5.43. The number of benzene rings is 2. The van der Waals surface area contributed by atoms with Crippen molar-refractivity contribution in [3.8, 4) is 11.3 Å². The van der Waals surface area contributed by atoms with Gasteiger partial charge in [-0.3, -0.25) is 20.4 Å². The smallest absolute Gasteiger partial charge is 0.291 e. The molecule has 2 aromatic carbocycles. The van der Waals surface area contributed by atoms with Crippen LogP contribution in [-0.2, 0) is 11.2 Å². The quantitative estimate of drug-likeness (QED) is 0.702. The van der Waals surface area contributed by atoms with Gasteiger partial charge in [-0.15, -0.1) is 0 Å². The molecule has 126 valence electrons. The second kappa shape index (κ2) is 7.92. The molecule has 0 unspecified atom stereocenters. The SMILES string of the molecule is O=C(CCc1ccccc1)NNC(=O)c1cc(-c2ccccc2)on1. The highest BCUT2D eigenvalue weighted by Crippen LogP contribution is 2.19. The van der Waals surface area contributed by atoms with Gasteiger partial charge in [0, 0.05) is 18.1 Å². The molecule has 1 heterocycles. The Bertz CT molecular complexity index is 845. The highest BCUT2D eigenvalue weighted by molar-refractivity contribution is 5.94. The number of hydrazine groups is 1. The van der Waals surface area contributed by atoms with Gasteiger partial charge in [0.25, 0.3) is 5.91 Å². The number of carbonyl (C=O) groups is 2. The van der Waals surface area contributed by atoms with Crippen molar-refractivity contribution in [3.63, 3.8) is 0 Å². The van der Waals surface area contributed by atoms with Gasteiger partial charge in [0.1, 0.15) is 0 Å². The zero-order chi connectivity index (χ0) is 17.5.